The van der Waals surface area contributed by atoms with E-state index in [1.165, 1.54) is 15.9 Å². The molecule has 33 heavy (non-hydrogen) atoms. The van der Waals surface area contributed by atoms with Gasteiger partial charge in [-0.1, -0.05) is 29.2 Å². The summed E-state index contributed by atoms with van der Waals surface area (Å²) in [5.41, 5.74) is 3.76. The smallest absolute Gasteiger partial charge is 0.313 e. The number of carbonyl (C=O) groups is 1. The summed E-state index contributed by atoms with van der Waals surface area (Å²) < 4.78 is 9.60. The van der Waals surface area contributed by atoms with Crippen LogP contribution < -0.4 is 10.3 Å². The predicted molar refractivity (Wildman–Crippen MR) is 134 cm³/mol. The summed E-state index contributed by atoms with van der Waals surface area (Å²) in [6.45, 7) is 6.46. The van der Waals surface area contributed by atoms with Gasteiger partial charge >= 0.3 is 5.97 Å². The number of thiazole rings is 1. The van der Waals surface area contributed by atoms with Crippen LogP contribution >= 0.6 is 35.3 Å². The summed E-state index contributed by atoms with van der Waals surface area (Å²) in [6, 6.07) is 13.0. The van der Waals surface area contributed by atoms with Crippen molar-refractivity contribution in [3.05, 3.63) is 67.9 Å². The van der Waals surface area contributed by atoms with Crippen LogP contribution in [0.5, 0.6) is 5.75 Å². The molecular formula is C23H21N3O4S3. The molecule has 10 heteroatoms. The van der Waals surface area contributed by atoms with E-state index in [0.717, 1.165) is 28.6 Å². The number of rotatable bonds is 7. The number of hydrogen-bond acceptors (Lipinski definition) is 7. The first-order valence-electron chi connectivity index (χ1n) is 10.1. The van der Waals surface area contributed by atoms with E-state index < -0.39 is 5.97 Å². The van der Waals surface area contributed by atoms with Crippen LogP contribution in [-0.2, 0) is 4.79 Å². The zero-order valence-corrected chi connectivity index (χ0v) is 20.6. The Kier molecular flexibility index (Phi) is 6.68. The highest BCUT2D eigenvalue weighted by atomic mass is 32.2. The third-order valence-corrected chi connectivity index (χ3v) is 7.33. The molecule has 7 nitrogen and oxygen atoms in total. The molecular weight excluding hydrogens is 478 g/mol. The van der Waals surface area contributed by atoms with Crippen molar-refractivity contribution in [3.8, 4) is 17.1 Å². The van der Waals surface area contributed by atoms with Crippen LogP contribution in [-0.4, -0.2) is 37.6 Å². The molecule has 2 aromatic carbocycles. The Morgan fingerprint density at radius 2 is 1.82 bits per heavy atom. The summed E-state index contributed by atoms with van der Waals surface area (Å²) in [5.74, 6) is -0.549. The number of ether oxygens (including phenoxy) is 1. The zero-order valence-electron chi connectivity index (χ0n) is 18.2. The van der Waals surface area contributed by atoms with Crippen molar-refractivity contribution in [2.75, 3.05) is 12.4 Å². The van der Waals surface area contributed by atoms with Gasteiger partial charge in [0.1, 0.15) is 10.4 Å². The van der Waals surface area contributed by atoms with Gasteiger partial charge in [-0.15, -0.1) is 0 Å². The molecule has 0 aliphatic carbocycles. The summed E-state index contributed by atoms with van der Waals surface area (Å²) >= 11 is 7.79. The van der Waals surface area contributed by atoms with Crippen molar-refractivity contribution in [2.45, 2.75) is 25.9 Å². The van der Waals surface area contributed by atoms with E-state index in [1.54, 1.807) is 28.8 Å². The van der Waals surface area contributed by atoms with Crippen LogP contribution in [0, 0.1) is 17.8 Å². The standard InChI is InChI=1S/C23H21N3O4S3/c1-4-30-17-9-7-15(8-10-17)26-21(29)19-20(24-22(26)32-12-18(27)28)25(23(31)33-19)16-6-5-13(2)14(3)11-16/h5-11H,4,12H2,1-3H3,(H,27,28). The minimum absolute atomic E-state index is 0.233. The largest absolute Gasteiger partial charge is 0.494 e. The predicted octanol–water partition coefficient (Wildman–Crippen LogP) is 5.16. The van der Waals surface area contributed by atoms with Crippen LogP contribution in [0.2, 0.25) is 0 Å². The fourth-order valence-corrected chi connectivity index (χ4v) is 5.36. The molecule has 4 aromatic rings. The number of thioether (sulfide) groups is 1. The highest BCUT2D eigenvalue weighted by molar-refractivity contribution is 7.99. The maximum Gasteiger partial charge on any atom is 0.313 e. The lowest BCUT2D eigenvalue weighted by Gasteiger charge is -2.13. The molecule has 0 spiro atoms. The molecule has 1 N–H and O–H groups in total. The molecule has 170 valence electrons. The van der Waals surface area contributed by atoms with Gasteiger partial charge in [0, 0.05) is 5.69 Å². The molecule has 0 radical (unpaired) electrons. The number of aliphatic carboxylic acids is 1. The number of fused-ring (bicyclic) bond motifs is 1. The second-order valence-electron chi connectivity index (χ2n) is 7.27. The van der Waals surface area contributed by atoms with Gasteiger partial charge in [0.2, 0.25) is 0 Å². The van der Waals surface area contributed by atoms with E-state index in [0.29, 0.717) is 32.3 Å². The van der Waals surface area contributed by atoms with E-state index in [2.05, 4.69) is 0 Å². The number of carboxylic acids is 1. The van der Waals surface area contributed by atoms with Gasteiger partial charge < -0.3 is 9.84 Å². The van der Waals surface area contributed by atoms with Crippen molar-refractivity contribution in [1.82, 2.24) is 14.1 Å². The second-order valence-corrected chi connectivity index (χ2v) is 9.86. The fourth-order valence-electron chi connectivity index (χ4n) is 3.34. The second kappa shape index (κ2) is 9.50. The lowest BCUT2D eigenvalue weighted by Crippen LogP contribution is -2.22. The van der Waals surface area contributed by atoms with Crippen LogP contribution in [0.3, 0.4) is 0 Å². The SMILES string of the molecule is CCOc1ccc(-n2c(SCC(=O)O)nc3c(sc(=S)n3-c3ccc(C)c(C)c3)c2=O)cc1. The molecule has 0 aliphatic rings. The van der Waals surface area contributed by atoms with E-state index in [-0.39, 0.29) is 16.5 Å². The van der Waals surface area contributed by atoms with Gasteiger partial charge in [-0.3, -0.25) is 18.7 Å². The first kappa shape index (κ1) is 23.2. The molecule has 0 saturated carbocycles. The number of nitrogens with zero attached hydrogens (tertiary/aromatic N) is 3. The third kappa shape index (κ3) is 4.59. The van der Waals surface area contributed by atoms with Gasteiger partial charge in [-0.05, 0) is 80.5 Å². The Labute approximate surface area is 203 Å². The van der Waals surface area contributed by atoms with E-state index >= 15 is 0 Å². The number of aryl methyl sites for hydroxylation is 2. The maximum atomic E-state index is 13.6. The topological polar surface area (TPSA) is 86.3 Å². The Morgan fingerprint density at radius 3 is 2.45 bits per heavy atom. The normalized spacial score (nSPS) is 11.1. The molecule has 0 aliphatic heterocycles. The van der Waals surface area contributed by atoms with Crippen LogP contribution in [0.1, 0.15) is 18.1 Å². The molecule has 0 fully saturated rings. The number of benzene rings is 2. The average molecular weight is 500 g/mol. The first-order chi connectivity index (χ1) is 15.8. The summed E-state index contributed by atoms with van der Waals surface area (Å²) in [7, 11) is 0. The summed E-state index contributed by atoms with van der Waals surface area (Å²) in [4.78, 5) is 29.6. The fraction of sp³-hybridized carbons (Fsp3) is 0.217. The molecule has 2 aromatic heterocycles. The van der Waals surface area contributed by atoms with Gasteiger partial charge in [0.15, 0.2) is 14.8 Å². The Hall–Kier alpha value is -2.95. The molecule has 0 bridgehead atoms. The molecule has 0 unspecified atom stereocenters. The third-order valence-electron chi connectivity index (χ3n) is 5.06. The van der Waals surface area contributed by atoms with E-state index in [1.807, 2.05) is 39.0 Å². The van der Waals surface area contributed by atoms with Gasteiger partial charge in [-0.25, -0.2) is 4.98 Å². The molecule has 0 amide bonds. The van der Waals surface area contributed by atoms with Crippen LogP contribution in [0.4, 0.5) is 0 Å². The van der Waals surface area contributed by atoms with E-state index in [9.17, 15) is 14.7 Å². The lowest BCUT2D eigenvalue weighted by atomic mass is 10.1. The Bertz CT molecular complexity index is 1470. The minimum Gasteiger partial charge on any atom is -0.494 e. The van der Waals surface area contributed by atoms with Gasteiger partial charge in [0.25, 0.3) is 5.56 Å². The molecule has 2 heterocycles. The maximum absolute atomic E-state index is 13.6. The number of aromatic nitrogens is 3. The highest BCUT2D eigenvalue weighted by Gasteiger charge is 2.20. The monoisotopic (exact) mass is 499 g/mol. The molecule has 0 atom stereocenters. The first-order valence-corrected chi connectivity index (χ1v) is 12.3. The number of carboxylic acid groups (broad SMARTS) is 1. The quantitative estimate of drug-likeness (QED) is 0.214. The summed E-state index contributed by atoms with van der Waals surface area (Å²) in [5, 5.41) is 9.52. The number of hydrogen-bond donors (Lipinski definition) is 1. The molecule has 0 saturated heterocycles. The highest BCUT2D eigenvalue weighted by Crippen LogP contribution is 2.28. The van der Waals surface area contributed by atoms with Crippen molar-refractivity contribution < 1.29 is 14.6 Å². The van der Waals surface area contributed by atoms with Crippen molar-refractivity contribution in [2.24, 2.45) is 0 Å². The van der Waals surface area contributed by atoms with Crippen molar-refractivity contribution in [1.29, 1.82) is 0 Å². The summed E-state index contributed by atoms with van der Waals surface area (Å²) in [6.07, 6.45) is 0. The van der Waals surface area contributed by atoms with Crippen LogP contribution in [0.25, 0.3) is 21.7 Å². The van der Waals surface area contributed by atoms with Gasteiger partial charge in [-0.2, -0.15) is 0 Å². The minimum atomic E-state index is -0.996. The molecule has 4 rings (SSSR count). The van der Waals surface area contributed by atoms with Crippen LogP contribution in [0.15, 0.2) is 52.4 Å². The Balaban J connectivity index is 1.96. The zero-order chi connectivity index (χ0) is 23.7. The van der Waals surface area contributed by atoms with Gasteiger partial charge in [0.05, 0.1) is 18.0 Å². The van der Waals surface area contributed by atoms with E-state index in [4.69, 9.17) is 21.9 Å². The average Bonchev–Trinajstić information content (AvgIpc) is 3.11. The van der Waals surface area contributed by atoms with Crippen molar-refractivity contribution >= 4 is 51.6 Å². The van der Waals surface area contributed by atoms with Crippen molar-refractivity contribution in [3.63, 3.8) is 0 Å². The lowest BCUT2D eigenvalue weighted by molar-refractivity contribution is -0.133. The Morgan fingerprint density at radius 1 is 1.12 bits per heavy atom.